The highest BCUT2D eigenvalue weighted by atomic mass is 32.2. The van der Waals surface area contributed by atoms with E-state index in [0.717, 1.165) is 30.2 Å². The van der Waals surface area contributed by atoms with Crippen LogP contribution in [0, 0.1) is 0 Å². The highest BCUT2D eigenvalue weighted by molar-refractivity contribution is 7.85. The van der Waals surface area contributed by atoms with Crippen LogP contribution in [0.25, 0.3) is 11.4 Å². The van der Waals surface area contributed by atoms with Gasteiger partial charge in [0.25, 0.3) is 10.1 Å². The topological polar surface area (TPSA) is 85.1 Å². The molecule has 0 spiro atoms. The molecule has 0 amide bonds. The first-order valence-electron chi connectivity index (χ1n) is 6.35. The molecule has 3 rings (SSSR count). The highest BCUT2D eigenvalue weighted by Crippen LogP contribution is 2.18. The summed E-state index contributed by atoms with van der Waals surface area (Å²) in [4.78, 5) is 4.57. The zero-order chi connectivity index (χ0) is 14.6. The Labute approximate surface area is 118 Å². The summed E-state index contributed by atoms with van der Waals surface area (Å²) in [5, 5.41) is 4.53. The Morgan fingerprint density at radius 3 is 2.45 bits per heavy atom. The summed E-state index contributed by atoms with van der Waals surface area (Å²) in [7, 11) is -3.67. The van der Waals surface area contributed by atoms with E-state index in [1.807, 2.05) is 22.9 Å². The summed E-state index contributed by atoms with van der Waals surface area (Å²) < 4.78 is 27.9. The number of hydrogen-bond acceptors (Lipinski definition) is 4. The lowest BCUT2D eigenvalue weighted by Gasteiger charge is -2.09. The first-order valence-corrected chi connectivity index (χ1v) is 8.20. The number of nitrogens with zero attached hydrogens (tertiary/aromatic N) is 3. The molecule has 1 aromatic carbocycles. The van der Waals surface area contributed by atoms with E-state index < -0.39 is 10.1 Å². The Morgan fingerprint density at radius 2 is 1.85 bits per heavy atom. The molecule has 2 heterocycles. The number of fused-ring (bicyclic) bond motifs is 1. The predicted octanol–water partition coefficient (Wildman–Crippen LogP) is 1.79. The summed E-state index contributed by atoms with van der Waals surface area (Å²) in [6.07, 6.45) is 4.25. The molecule has 0 fully saturated rings. The number of aryl methyl sites for hydroxylation is 2. The van der Waals surface area contributed by atoms with Crippen LogP contribution >= 0.6 is 0 Å². The van der Waals surface area contributed by atoms with Gasteiger partial charge in [-0.1, -0.05) is 30.3 Å². The number of hydrogen-bond donors (Lipinski definition) is 1. The third kappa shape index (κ3) is 4.43. The monoisotopic (exact) mass is 295 g/mol. The van der Waals surface area contributed by atoms with Gasteiger partial charge in [-0.05, 0) is 12.8 Å². The van der Waals surface area contributed by atoms with Crippen LogP contribution in [-0.2, 0) is 23.1 Å². The first kappa shape index (κ1) is 14.7. The maximum atomic E-state index is 9.19. The fraction of sp³-hybridized carbons (Fsp3) is 0.385. The summed E-state index contributed by atoms with van der Waals surface area (Å²) in [5.41, 5.74) is 1.11. The van der Waals surface area contributed by atoms with Crippen LogP contribution in [0.15, 0.2) is 30.3 Å². The molecule has 2 aromatic rings. The summed E-state index contributed by atoms with van der Waals surface area (Å²) in [5.74, 6) is 2.01. The van der Waals surface area contributed by atoms with Gasteiger partial charge in [0, 0.05) is 18.5 Å². The van der Waals surface area contributed by atoms with Crippen LogP contribution in [0.3, 0.4) is 0 Å². The molecule has 0 saturated heterocycles. The minimum absolute atomic E-state index is 0.715. The molecule has 7 heteroatoms. The fourth-order valence-electron chi connectivity index (χ4n) is 1.99. The zero-order valence-corrected chi connectivity index (χ0v) is 12.0. The van der Waals surface area contributed by atoms with Gasteiger partial charge in [0.15, 0.2) is 5.82 Å². The normalized spacial score (nSPS) is 14.1. The van der Waals surface area contributed by atoms with Crippen molar-refractivity contribution in [1.82, 2.24) is 14.8 Å². The van der Waals surface area contributed by atoms with E-state index >= 15 is 0 Å². The van der Waals surface area contributed by atoms with Crippen molar-refractivity contribution in [2.75, 3.05) is 6.26 Å². The van der Waals surface area contributed by atoms with Crippen molar-refractivity contribution in [3.05, 3.63) is 36.2 Å². The standard InChI is InChI=1S/C12H13N3.CH4O3S/c1-2-6-10(7-3-1)12-13-11-8-4-5-9-15(11)14-12;1-5(2,3)4/h1-3,6-7H,4-5,8-9H2;1H3,(H,2,3,4). The van der Waals surface area contributed by atoms with E-state index in [2.05, 4.69) is 22.2 Å². The van der Waals surface area contributed by atoms with Crippen molar-refractivity contribution in [1.29, 1.82) is 0 Å². The second kappa shape index (κ2) is 6.15. The average molecular weight is 295 g/mol. The Balaban J connectivity index is 0.000000257. The molecule has 0 atom stereocenters. The lowest BCUT2D eigenvalue weighted by atomic mass is 10.2. The van der Waals surface area contributed by atoms with E-state index in [4.69, 9.17) is 4.55 Å². The van der Waals surface area contributed by atoms with Crippen LogP contribution in [0.2, 0.25) is 0 Å². The van der Waals surface area contributed by atoms with Gasteiger partial charge in [-0.3, -0.25) is 4.55 Å². The minimum Gasteiger partial charge on any atom is -0.286 e. The molecular weight excluding hydrogens is 278 g/mol. The van der Waals surface area contributed by atoms with Crippen molar-refractivity contribution < 1.29 is 13.0 Å². The van der Waals surface area contributed by atoms with Gasteiger partial charge >= 0.3 is 0 Å². The lowest BCUT2D eigenvalue weighted by molar-refractivity contribution is 0.480. The van der Waals surface area contributed by atoms with Crippen molar-refractivity contribution in [3.63, 3.8) is 0 Å². The molecular formula is C13H17N3O3S. The highest BCUT2D eigenvalue weighted by Gasteiger charge is 2.14. The average Bonchev–Trinajstić information content (AvgIpc) is 2.81. The molecule has 1 aromatic heterocycles. The third-order valence-electron chi connectivity index (χ3n) is 2.80. The van der Waals surface area contributed by atoms with E-state index in [9.17, 15) is 8.42 Å². The molecule has 0 unspecified atom stereocenters. The fourth-order valence-corrected chi connectivity index (χ4v) is 1.99. The SMILES string of the molecule is CS(=O)(=O)O.c1ccc(-c2nc3n(n2)CCCC3)cc1. The van der Waals surface area contributed by atoms with E-state index in [1.165, 1.54) is 12.8 Å². The van der Waals surface area contributed by atoms with Gasteiger partial charge in [0.2, 0.25) is 0 Å². The molecule has 0 saturated carbocycles. The van der Waals surface area contributed by atoms with Gasteiger partial charge in [0.1, 0.15) is 5.82 Å². The summed E-state index contributed by atoms with van der Waals surface area (Å²) in [6.45, 7) is 1.02. The van der Waals surface area contributed by atoms with Crippen molar-refractivity contribution in [3.8, 4) is 11.4 Å². The molecule has 1 aliphatic heterocycles. The molecule has 108 valence electrons. The van der Waals surface area contributed by atoms with Crippen molar-refractivity contribution in [2.24, 2.45) is 0 Å². The van der Waals surface area contributed by atoms with Gasteiger partial charge in [0.05, 0.1) is 6.26 Å². The predicted molar refractivity (Wildman–Crippen MR) is 75.9 cm³/mol. The van der Waals surface area contributed by atoms with Crippen LogP contribution in [0.5, 0.6) is 0 Å². The quantitative estimate of drug-likeness (QED) is 0.811. The smallest absolute Gasteiger partial charge is 0.261 e. The van der Waals surface area contributed by atoms with Gasteiger partial charge in [-0.25, -0.2) is 9.67 Å². The van der Waals surface area contributed by atoms with E-state index in [0.29, 0.717) is 6.26 Å². The Hall–Kier alpha value is -1.73. The van der Waals surface area contributed by atoms with Gasteiger partial charge < -0.3 is 0 Å². The second-order valence-corrected chi connectivity index (χ2v) is 6.10. The number of aromatic nitrogens is 3. The molecule has 6 nitrogen and oxygen atoms in total. The Bertz CT molecular complexity index is 634. The Kier molecular flexibility index (Phi) is 4.51. The maximum Gasteiger partial charge on any atom is 0.261 e. The number of rotatable bonds is 1. The van der Waals surface area contributed by atoms with Crippen LogP contribution < -0.4 is 0 Å². The summed E-state index contributed by atoms with van der Waals surface area (Å²) in [6, 6.07) is 10.2. The molecule has 1 N–H and O–H groups in total. The number of benzene rings is 1. The lowest BCUT2D eigenvalue weighted by Crippen LogP contribution is -2.11. The van der Waals surface area contributed by atoms with E-state index in [-0.39, 0.29) is 0 Å². The zero-order valence-electron chi connectivity index (χ0n) is 11.2. The van der Waals surface area contributed by atoms with Crippen LogP contribution in [-0.4, -0.2) is 34.0 Å². The third-order valence-corrected chi connectivity index (χ3v) is 2.80. The van der Waals surface area contributed by atoms with E-state index in [1.54, 1.807) is 0 Å². The molecule has 1 aliphatic rings. The van der Waals surface area contributed by atoms with Crippen LogP contribution in [0.4, 0.5) is 0 Å². The summed E-state index contributed by atoms with van der Waals surface area (Å²) >= 11 is 0. The Morgan fingerprint density at radius 1 is 1.20 bits per heavy atom. The van der Waals surface area contributed by atoms with Gasteiger partial charge in [-0.2, -0.15) is 13.5 Å². The minimum atomic E-state index is -3.67. The van der Waals surface area contributed by atoms with Crippen molar-refractivity contribution >= 4 is 10.1 Å². The molecule has 20 heavy (non-hydrogen) atoms. The largest absolute Gasteiger partial charge is 0.286 e. The molecule has 0 bridgehead atoms. The first-order chi connectivity index (χ1) is 9.43. The molecule has 0 radical (unpaired) electrons. The molecule has 0 aliphatic carbocycles. The second-order valence-electron chi connectivity index (χ2n) is 4.63. The van der Waals surface area contributed by atoms with Gasteiger partial charge in [-0.15, -0.1) is 0 Å². The maximum absolute atomic E-state index is 9.19. The van der Waals surface area contributed by atoms with Crippen molar-refractivity contribution in [2.45, 2.75) is 25.8 Å². The van der Waals surface area contributed by atoms with Crippen LogP contribution in [0.1, 0.15) is 18.7 Å².